The predicted molar refractivity (Wildman–Crippen MR) is 93.1 cm³/mol. The lowest BCUT2D eigenvalue weighted by molar-refractivity contribution is 0.175. The zero-order chi connectivity index (χ0) is 16.0. The van der Waals surface area contributed by atoms with Gasteiger partial charge in [0.1, 0.15) is 0 Å². The van der Waals surface area contributed by atoms with Gasteiger partial charge in [-0.2, -0.15) is 0 Å². The summed E-state index contributed by atoms with van der Waals surface area (Å²) >= 11 is 0. The molecule has 0 aliphatic carbocycles. The van der Waals surface area contributed by atoms with Crippen LogP contribution >= 0.6 is 0 Å². The Morgan fingerprint density at radius 3 is 1.77 bits per heavy atom. The van der Waals surface area contributed by atoms with Gasteiger partial charge in [-0.3, -0.25) is 0 Å². The molecule has 2 heteroatoms. The highest BCUT2D eigenvalue weighted by molar-refractivity contribution is 5.32. The summed E-state index contributed by atoms with van der Waals surface area (Å²) in [5, 5.41) is 13.0. The van der Waals surface area contributed by atoms with Crippen molar-refractivity contribution in [3.63, 3.8) is 0 Å². The van der Waals surface area contributed by atoms with E-state index in [9.17, 15) is 5.11 Å². The first-order valence-corrected chi connectivity index (χ1v) is 8.00. The third-order valence-corrected chi connectivity index (χ3v) is 4.03. The van der Waals surface area contributed by atoms with E-state index in [4.69, 9.17) is 0 Å². The molecule has 0 fully saturated rings. The number of rotatable bonds is 7. The first-order valence-electron chi connectivity index (χ1n) is 8.00. The molecule has 0 bridgehead atoms. The lowest BCUT2D eigenvalue weighted by Gasteiger charge is -2.31. The average Bonchev–Trinajstić information content (AvgIpc) is 2.54. The van der Waals surface area contributed by atoms with Crippen LogP contribution in [0.3, 0.4) is 0 Å². The second-order valence-corrected chi connectivity index (χ2v) is 6.70. The molecule has 22 heavy (non-hydrogen) atoms. The molecule has 1 atom stereocenters. The molecule has 0 unspecified atom stereocenters. The molecule has 0 saturated heterocycles. The Morgan fingerprint density at radius 1 is 0.909 bits per heavy atom. The topological polar surface area (TPSA) is 32.3 Å². The van der Waals surface area contributed by atoms with Crippen LogP contribution in [-0.2, 0) is 0 Å². The van der Waals surface area contributed by atoms with E-state index in [-0.39, 0.29) is 12.1 Å². The molecule has 2 aromatic rings. The zero-order valence-electron chi connectivity index (χ0n) is 13.8. The summed E-state index contributed by atoms with van der Waals surface area (Å²) in [5.41, 5.74) is 2.42. The van der Waals surface area contributed by atoms with Crippen molar-refractivity contribution in [2.75, 3.05) is 6.61 Å². The van der Waals surface area contributed by atoms with Gasteiger partial charge in [-0.25, -0.2) is 0 Å². The lowest BCUT2D eigenvalue weighted by Crippen LogP contribution is -2.47. The first-order chi connectivity index (χ1) is 10.5. The van der Waals surface area contributed by atoms with Crippen molar-refractivity contribution in [1.82, 2.24) is 5.32 Å². The van der Waals surface area contributed by atoms with Gasteiger partial charge in [-0.05, 0) is 38.3 Å². The summed E-state index contributed by atoms with van der Waals surface area (Å²) in [7, 11) is 0. The lowest BCUT2D eigenvalue weighted by atomic mass is 9.86. The summed E-state index contributed by atoms with van der Waals surface area (Å²) < 4.78 is 0. The van der Waals surface area contributed by atoms with Gasteiger partial charge >= 0.3 is 0 Å². The fourth-order valence-electron chi connectivity index (χ4n) is 2.96. The van der Waals surface area contributed by atoms with Crippen molar-refractivity contribution >= 4 is 0 Å². The van der Waals surface area contributed by atoms with Crippen molar-refractivity contribution in [2.45, 2.75) is 44.7 Å². The standard InChI is InChI=1S/C20H27NO/c1-16(21-20(2,3)15-22)14-19(17-10-6-4-7-11-17)18-12-8-5-9-13-18/h4-13,16,19,21-22H,14-15H2,1-3H3/t16-/m1/s1. The van der Waals surface area contributed by atoms with E-state index in [0.29, 0.717) is 12.0 Å². The van der Waals surface area contributed by atoms with E-state index in [1.54, 1.807) is 0 Å². The Bertz CT molecular complexity index is 511. The number of hydrogen-bond donors (Lipinski definition) is 2. The van der Waals surface area contributed by atoms with E-state index in [0.717, 1.165) is 6.42 Å². The largest absolute Gasteiger partial charge is 0.394 e. The van der Waals surface area contributed by atoms with Crippen LogP contribution in [0.5, 0.6) is 0 Å². The minimum absolute atomic E-state index is 0.138. The molecule has 0 aliphatic heterocycles. The van der Waals surface area contributed by atoms with Crippen LogP contribution in [0.15, 0.2) is 60.7 Å². The fourth-order valence-corrected chi connectivity index (χ4v) is 2.96. The van der Waals surface area contributed by atoms with Crippen molar-refractivity contribution in [2.24, 2.45) is 0 Å². The summed E-state index contributed by atoms with van der Waals surface area (Å²) in [6, 6.07) is 21.6. The monoisotopic (exact) mass is 297 g/mol. The Morgan fingerprint density at radius 2 is 1.36 bits per heavy atom. The van der Waals surface area contributed by atoms with Crippen LogP contribution in [0.2, 0.25) is 0 Å². The van der Waals surface area contributed by atoms with E-state index >= 15 is 0 Å². The molecular weight excluding hydrogens is 270 g/mol. The third-order valence-electron chi connectivity index (χ3n) is 4.03. The molecule has 0 aromatic heterocycles. The minimum Gasteiger partial charge on any atom is -0.394 e. The molecule has 0 heterocycles. The maximum atomic E-state index is 9.45. The smallest absolute Gasteiger partial charge is 0.0607 e. The molecule has 2 N–H and O–H groups in total. The van der Waals surface area contributed by atoms with Gasteiger partial charge in [0.05, 0.1) is 6.61 Å². The zero-order valence-corrected chi connectivity index (χ0v) is 13.8. The quantitative estimate of drug-likeness (QED) is 0.811. The van der Waals surface area contributed by atoms with Crippen LogP contribution in [0, 0.1) is 0 Å². The average molecular weight is 297 g/mol. The van der Waals surface area contributed by atoms with Crippen LogP contribution in [-0.4, -0.2) is 23.3 Å². The molecule has 2 nitrogen and oxygen atoms in total. The summed E-state index contributed by atoms with van der Waals surface area (Å²) in [4.78, 5) is 0. The molecule has 118 valence electrons. The van der Waals surface area contributed by atoms with Crippen molar-refractivity contribution in [1.29, 1.82) is 0 Å². The Kier molecular flexibility index (Phi) is 5.76. The van der Waals surface area contributed by atoms with Gasteiger partial charge in [0.2, 0.25) is 0 Å². The Hall–Kier alpha value is -1.64. The van der Waals surface area contributed by atoms with E-state index < -0.39 is 0 Å². The second kappa shape index (κ2) is 7.57. The molecule has 0 saturated carbocycles. The molecular formula is C20H27NO. The van der Waals surface area contributed by atoms with Crippen molar-refractivity contribution < 1.29 is 5.11 Å². The Labute approximate surface area is 134 Å². The minimum atomic E-state index is -0.253. The summed E-state index contributed by atoms with van der Waals surface area (Å²) in [6.45, 7) is 6.39. The number of nitrogens with one attached hydrogen (secondary N) is 1. The van der Waals surface area contributed by atoms with Gasteiger partial charge < -0.3 is 10.4 Å². The third kappa shape index (κ3) is 4.69. The molecule has 0 spiro atoms. The number of aliphatic hydroxyl groups excluding tert-OH is 1. The summed E-state index contributed by atoms with van der Waals surface area (Å²) in [5.74, 6) is 0.361. The first kappa shape index (κ1) is 16.7. The van der Waals surface area contributed by atoms with E-state index in [1.807, 2.05) is 13.8 Å². The van der Waals surface area contributed by atoms with Crippen LogP contribution < -0.4 is 5.32 Å². The Balaban J connectivity index is 2.19. The highest BCUT2D eigenvalue weighted by atomic mass is 16.3. The van der Waals surface area contributed by atoms with E-state index in [2.05, 4.69) is 72.9 Å². The van der Waals surface area contributed by atoms with Crippen molar-refractivity contribution in [3.8, 4) is 0 Å². The van der Waals surface area contributed by atoms with Crippen LogP contribution in [0.4, 0.5) is 0 Å². The van der Waals surface area contributed by atoms with Gasteiger partial charge in [-0.15, -0.1) is 0 Å². The van der Waals surface area contributed by atoms with Crippen LogP contribution in [0.25, 0.3) is 0 Å². The second-order valence-electron chi connectivity index (χ2n) is 6.70. The maximum Gasteiger partial charge on any atom is 0.0607 e. The highest BCUT2D eigenvalue weighted by Crippen LogP contribution is 2.29. The SMILES string of the molecule is C[C@H](CC(c1ccccc1)c1ccccc1)NC(C)(C)CO. The normalized spacial score (nSPS) is 13.3. The van der Waals surface area contributed by atoms with E-state index in [1.165, 1.54) is 11.1 Å². The predicted octanol–water partition coefficient (Wildman–Crippen LogP) is 3.96. The van der Waals surface area contributed by atoms with Gasteiger partial charge in [-0.1, -0.05) is 60.7 Å². The fraction of sp³-hybridized carbons (Fsp3) is 0.400. The number of benzene rings is 2. The van der Waals surface area contributed by atoms with Crippen molar-refractivity contribution in [3.05, 3.63) is 71.8 Å². The van der Waals surface area contributed by atoms with Gasteiger partial charge in [0.15, 0.2) is 0 Å². The highest BCUT2D eigenvalue weighted by Gasteiger charge is 2.22. The molecule has 0 radical (unpaired) electrons. The number of aliphatic hydroxyl groups is 1. The molecule has 0 aliphatic rings. The number of hydrogen-bond acceptors (Lipinski definition) is 2. The van der Waals surface area contributed by atoms with Gasteiger partial charge in [0, 0.05) is 17.5 Å². The maximum absolute atomic E-state index is 9.45. The summed E-state index contributed by atoms with van der Waals surface area (Å²) in [6.07, 6.45) is 0.997. The molecule has 0 amide bonds. The molecule has 2 aromatic carbocycles. The van der Waals surface area contributed by atoms with Crippen LogP contribution in [0.1, 0.15) is 44.2 Å². The van der Waals surface area contributed by atoms with Gasteiger partial charge in [0.25, 0.3) is 0 Å². The molecule has 2 rings (SSSR count).